The predicted molar refractivity (Wildman–Crippen MR) is 76.4 cm³/mol. The normalized spacial score (nSPS) is 31.4. The number of amides is 1. The van der Waals surface area contributed by atoms with Crippen LogP contribution in [0.5, 0.6) is 0 Å². The molecule has 1 amide bonds. The van der Waals surface area contributed by atoms with Gasteiger partial charge >= 0.3 is 0 Å². The SMILES string of the molecule is COC1CCN(CC(=O)NCC2CCCO2)C(CN)C1. The maximum absolute atomic E-state index is 12.0. The predicted octanol–water partition coefficient (Wildman–Crippen LogP) is -0.280. The van der Waals surface area contributed by atoms with Crippen LogP contribution in [0.4, 0.5) is 0 Å². The lowest BCUT2D eigenvalue weighted by Crippen LogP contribution is -2.52. The molecule has 2 saturated heterocycles. The minimum atomic E-state index is 0.0646. The lowest BCUT2D eigenvalue weighted by Gasteiger charge is -2.37. The van der Waals surface area contributed by atoms with Crippen molar-refractivity contribution in [3.05, 3.63) is 0 Å². The Bertz CT molecular complexity index is 308. The minimum Gasteiger partial charge on any atom is -0.381 e. The third kappa shape index (κ3) is 4.41. The van der Waals surface area contributed by atoms with Gasteiger partial charge in [-0.3, -0.25) is 9.69 Å². The lowest BCUT2D eigenvalue weighted by atomic mass is 9.99. The van der Waals surface area contributed by atoms with E-state index in [9.17, 15) is 4.79 Å². The van der Waals surface area contributed by atoms with Crippen molar-refractivity contribution < 1.29 is 14.3 Å². The van der Waals surface area contributed by atoms with E-state index in [1.165, 1.54) is 0 Å². The van der Waals surface area contributed by atoms with Crippen LogP contribution in [0.2, 0.25) is 0 Å². The molecule has 3 N–H and O–H groups in total. The maximum Gasteiger partial charge on any atom is 0.234 e. The van der Waals surface area contributed by atoms with Gasteiger partial charge in [-0.1, -0.05) is 0 Å². The van der Waals surface area contributed by atoms with Gasteiger partial charge in [0.2, 0.25) is 5.91 Å². The highest BCUT2D eigenvalue weighted by Gasteiger charge is 2.28. The maximum atomic E-state index is 12.0. The third-order valence-corrected chi connectivity index (χ3v) is 4.29. The number of hydrogen-bond donors (Lipinski definition) is 2. The van der Waals surface area contributed by atoms with E-state index in [0.29, 0.717) is 19.6 Å². The molecule has 0 bridgehead atoms. The highest BCUT2D eigenvalue weighted by atomic mass is 16.5. The van der Waals surface area contributed by atoms with Crippen molar-refractivity contribution in [3.8, 4) is 0 Å². The first-order valence-corrected chi connectivity index (χ1v) is 7.58. The molecule has 2 aliphatic rings. The molecule has 0 radical (unpaired) electrons. The van der Waals surface area contributed by atoms with E-state index >= 15 is 0 Å². The van der Waals surface area contributed by atoms with Gasteiger partial charge in [0.15, 0.2) is 0 Å². The van der Waals surface area contributed by atoms with Crippen LogP contribution in [-0.4, -0.2) is 69.0 Å². The van der Waals surface area contributed by atoms with E-state index in [-0.39, 0.29) is 24.2 Å². The van der Waals surface area contributed by atoms with Gasteiger partial charge in [-0.25, -0.2) is 0 Å². The van der Waals surface area contributed by atoms with Gasteiger partial charge in [0.1, 0.15) is 0 Å². The van der Waals surface area contributed by atoms with E-state index in [4.69, 9.17) is 15.2 Å². The monoisotopic (exact) mass is 285 g/mol. The van der Waals surface area contributed by atoms with Crippen LogP contribution in [0.3, 0.4) is 0 Å². The van der Waals surface area contributed by atoms with E-state index < -0.39 is 0 Å². The molecular weight excluding hydrogens is 258 g/mol. The summed E-state index contributed by atoms with van der Waals surface area (Å²) in [5, 5.41) is 2.96. The number of nitrogens with zero attached hydrogens (tertiary/aromatic N) is 1. The summed E-state index contributed by atoms with van der Waals surface area (Å²) in [6.07, 6.45) is 4.49. The largest absolute Gasteiger partial charge is 0.381 e. The zero-order valence-electron chi connectivity index (χ0n) is 12.3. The van der Waals surface area contributed by atoms with Gasteiger partial charge in [0.05, 0.1) is 18.8 Å². The van der Waals surface area contributed by atoms with Crippen molar-refractivity contribution in [1.29, 1.82) is 0 Å². The Morgan fingerprint density at radius 2 is 2.35 bits per heavy atom. The fraction of sp³-hybridized carbons (Fsp3) is 0.929. The van der Waals surface area contributed by atoms with Crippen LogP contribution in [-0.2, 0) is 14.3 Å². The standard InChI is InChI=1S/C14H27N3O3/c1-19-12-4-5-17(11(7-12)8-15)10-14(18)16-9-13-3-2-6-20-13/h11-13H,2-10,15H2,1H3,(H,16,18). The van der Waals surface area contributed by atoms with Gasteiger partial charge in [-0.15, -0.1) is 0 Å². The molecule has 0 aromatic heterocycles. The second-order valence-corrected chi connectivity index (χ2v) is 5.68. The zero-order valence-corrected chi connectivity index (χ0v) is 12.3. The zero-order chi connectivity index (χ0) is 14.4. The van der Waals surface area contributed by atoms with Crippen molar-refractivity contribution in [2.75, 3.05) is 39.9 Å². The summed E-state index contributed by atoms with van der Waals surface area (Å²) in [6, 6.07) is 0.238. The van der Waals surface area contributed by atoms with Gasteiger partial charge in [0.25, 0.3) is 0 Å². The molecule has 0 saturated carbocycles. The third-order valence-electron chi connectivity index (χ3n) is 4.29. The van der Waals surface area contributed by atoms with Crippen molar-refractivity contribution in [2.24, 2.45) is 5.73 Å². The van der Waals surface area contributed by atoms with Gasteiger partial charge in [0, 0.05) is 39.4 Å². The Kier molecular flexibility index (Phi) is 6.22. The summed E-state index contributed by atoms with van der Waals surface area (Å²) in [6.45, 7) is 3.30. The summed E-state index contributed by atoms with van der Waals surface area (Å²) in [5.41, 5.74) is 5.81. The van der Waals surface area contributed by atoms with Crippen LogP contribution >= 0.6 is 0 Å². The van der Waals surface area contributed by atoms with Crippen LogP contribution in [0.15, 0.2) is 0 Å². The number of likely N-dealkylation sites (tertiary alicyclic amines) is 1. The summed E-state index contributed by atoms with van der Waals surface area (Å²) in [7, 11) is 1.74. The molecule has 0 aromatic rings. The van der Waals surface area contributed by atoms with Crippen molar-refractivity contribution in [1.82, 2.24) is 10.2 Å². The molecule has 6 nitrogen and oxygen atoms in total. The number of ether oxygens (including phenoxy) is 2. The summed E-state index contributed by atoms with van der Waals surface area (Å²) >= 11 is 0. The molecular formula is C14H27N3O3. The van der Waals surface area contributed by atoms with Gasteiger partial charge < -0.3 is 20.5 Å². The van der Waals surface area contributed by atoms with Crippen molar-refractivity contribution in [3.63, 3.8) is 0 Å². The molecule has 3 unspecified atom stereocenters. The molecule has 2 fully saturated rings. The van der Waals surface area contributed by atoms with Crippen LogP contribution in [0.25, 0.3) is 0 Å². The number of methoxy groups -OCH3 is 1. The highest BCUT2D eigenvalue weighted by Crippen LogP contribution is 2.18. The van der Waals surface area contributed by atoms with Gasteiger partial charge in [-0.2, -0.15) is 0 Å². The first-order valence-electron chi connectivity index (χ1n) is 7.58. The number of carbonyl (C=O) groups excluding carboxylic acids is 1. The molecule has 2 rings (SSSR count). The minimum absolute atomic E-state index is 0.0646. The van der Waals surface area contributed by atoms with E-state index in [1.54, 1.807) is 7.11 Å². The van der Waals surface area contributed by atoms with Crippen LogP contribution < -0.4 is 11.1 Å². The average molecular weight is 285 g/mol. The Morgan fingerprint density at radius 1 is 1.50 bits per heavy atom. The number of piperidine rings is 1. The van der Waals surface area contributed by atoms with Crippen molar-refractivity contribution in [2.45, 2.75) is 43.9 Å². The van der Waals surface area contributed by atoms with E-state index in [0.717, 1.165) is 38.8 Å². The van der Waals surface area contributed by atoms with Crippen LogP contribution in [0, 0.1) is 0 Å². The molecule has 0 spiro atoms. The highest BCUT2D eigenvalue weighted by molar-refractivity contribution is 5.78. The molecule has 20 heavy (non-hydrogen) atoms. The quantitative estimate of drug-likeness (QED) is 0.702. The Hall–Kier alpha value is -0.690. The van der Waals surface area contributed by atoms with Crippen molar-refractivity contribution >= 4 is 5.91 Å². The number of rotatable bonds is 6. The number of carbonyl (C=O) groups is 1. The Morgan fingerprint density at radius 3 is 3.00 bits per heavy atom. The Labute approximate surface area is 121 Å². The lowest BCUT2D eigenvalue weighted by molar-refractivity contribution is -0.124. The second-order valence-electron chi connectivity index (χ2n) is 5.68. The molecule has 2 aliphatic heterocycles. The average Bonchev–Trinajstić information content (AvgIpc) is 2.99. The van der Waals surface area contributed by atoms with Gasteiger partial charge in [-0.05, 0) is 25.7 Å². The molecule has 3 atom stereocenters. The topological polar surface area (TPSA) is 76.8 Å². The summed E-state index contributed by atoms with van der Waals surface area (Å²) in [4.78, 5) is 14.2. The first kappa shape index (κ1) is 15.7. The fourth-order valence-electron chi connectivity index (χ4n) is 3.00. The molecule has 2 heterocycles. The van der Waals surface area contributed by atoms with Crippen LogP contribution in [0.1, 0.15) is 25.7 Å². The number of hydrogen-bond acceptors (Lipinski definition) is 5. The molecule has 0 aromatic carbocycles. The van der Waals surface area contributed by atoms with E-state index in [2.05, 4.69) is 10.2 Å². The van der Waals surface area contributed by atoms with E-state index in [1.807, 2.05) is 0 Å². The fourth-order valence-corrected chi connectivity index (χ4v) is 3.00. The smallest absolute Gasteiger partial charge is 0.234 e. The molecule has 6 heteroatoms. The summed E-state index contributed by atoms with van der Waals surface area (Å²) < 4.78 is 10.9. The first-order chi connectivity index (χ1) is 9.72. The molecule has 116 valence electrons. The second kappa shape index (κ2) is 7.93. The number of nitrogens with one attached hydrogen (secondary N) is 1. The Balaban J connectivity index is 1.72. The number of nitrogens with two attached hydrogens (primary N) is 1. The molecule has 0 aliphatic carbocycles. The summed E-state index contributed by atoms with van der Waals surface area (Å²) in [5.74, 6) is 0.0646.